The molecule has 0 aliphatic rings. The van der Waals surface area contributed by atoms with E-state index in [-0.39, 0.29) is 18.4 Å². The van der Waals surface area contributed by atoms with Gasteiger partial charge in [-0.05, 0) is 43.3 Å². The molecule has 2 aromatic carbocycles. The zero-order valence-electron chi connectivity index (χ0n) is 16.0. The van der Waals surface area contributed by atoms with E-state index in [1.807, 2.05) is 6.07 Å². The molecule has 2 amide bonds. The van der Waals surface area contributed by atoms with Crippen molar-refractivity contribution in [3.05, 3.63) is 61.2 Å². The third-order valence-electron chi connectivity index (χ3n) is 4.08. The standard InChI is InChI=1S/C20H21N5O4/c1-14(25-13-21-12-22-25)20(27)24-16-9-7-15(8-10-16)23-19(26)11-29-18-6-4-3-5-17(18)28-2/h3-10,12-14H,11H2,1-2H3,(H,23,26)(H,24,27). The average molecular weight is 395 g/mol. The number of para-hydroxylation sites is 2. The molecule has 0 radical (unpaired) electrons. The number of amides is 2. The van der Waals surface area contributed by atoms with Gasteiger partial charge in [0, 0.05) is 11.4 Å². The van der Waals surface area contributed by atoms with E-state index in [4.69, 9.17) is 9.47 Å². The Labute approximate surface area is 167 Å². The highest BCUT2D eigenvalue weighted by Crippen LogP contribution is 2.25. The fraction of sp³-hybridized carbons (Fsp3) is 0.200. The molecule has 1 atom stereocenters. The summed E-state index contributed by atoms with van der Waals surface area (Å²) in [5.74, 6) is 0.509. The minimum atomic E-state index is -0.496. The largest absolute Gasteiger partial charge is 0.493 e. The molecule has 0 spiro atoms. The van der Waals surface area contributed by atoms with E-state index >= 15 is 0 Å². The molecule has 9 heteroatoms. The van der Waals surface area contributed by atoms with E-state index in [2.05, 4.69) is 20.7 Å². The molecule has 0 aliphatic heterocycles. The molecule has 0 bridgehead atoms. The molecule has 1 heterocycles. The molecule has 1 unspecified atom stereocenters. The van der Waals surface area contributed by atoms with Gasteiger partial charge >= 0.3 is 0 Å². The Hall–Kier alpha value is -3.88. The quantitative estimate of drug-likeness (QED) is 0.607. The van der Waals surface area contributed by atoms with Crippen LogP contribution in [0.2, 0.25) is 0 Å². The average Bonchev–Trinajstić information content (AvgIpc) is 3.28. The van der Waals surface area contributed by atoms with Crippen LogP contribution in [0.25, 0.3) is 0 Å². The molecule has 9 nitrogen and oxygen atoms in total. The molecule has 29 heavy (non-hydrogen) atoms. The minimum Gasteiger partial charge on any atom is -0.493 e. The Morgan fingerprint density at radius 2 is 1.69 bits per heavy atom. The van der Waals surface area contributed by atoms with Crippen molar-refractivity contribution in [2.75, 3.05) is 24.4 Å². The second-order valence-electron chi connectivity index (χ2n) is 6.11. The van der Waals surface area contributed by atoms with Crippen molar-refractivity contribution in [1.82, 2.24) is 14.8 Å². The maximum atomic E-state index is 12.2. The van der Waals surface area contributed by atoms with Gasteiger partial charge < -0.3 is 20.1 Å². The number of rotatable bonds is 8. The van der Waals surface area contributed by atoms with Gasteiger partial charge in [0.15, 0.2) is 18.1 Å². The zero-order valence-corrected chi connectivity index (χ0v) is 16.0. The Balaban J connectivity index is 1.51. The van der Waals surface area contributed by atoms with Crippen molar-refractivity contribution in [3.63, 3.8) is 0 Å². The number of aromatic nitrogens is 3. The number of methoxy groups -OCH3 is 1. The Kier molecular flexibility index (Phi) is 6.41. The molecule has 150 valence electrons. The third-order valence-corrected chi connectivity index (χ3v) is 4.08. The van der Waals surface area contributed by atoms with Gasteiger partial charge in [0.1, 0.15) is 18.7 Å². The highest BCUT2D eigenvalue weighted by atomic mass is 16.5. The second kappa shape index (κ2) is 9.36. The van der Waals surface area contributed by atoms with E-state index in [0.717, 1.165) is 0 Å². The summed E-state index contributed by atoms with van der Waals surface area (Å²) in [5.41, 5.74) is 1.19. The van der Waals surface area contributed by atoms with Gasteiger partial charge in [0.25, 0.3) is 5.91 Å². The van der Waals surface area contributed by atoms with Gasteiger partial charge in [-0.3, -0.25) is 9.59 Å². The van der Waals surface area contributed by atoms with Crippen molar-refractivity contribution < 1.29 is 19.1 Å². The topological polar surface area (TPSA) is 107 Å². The molecule has 0 saturated heterocycles. The summed E-state index contributed by atoms with van der Waals surface area (Å²) in [7, 11) is 1.54. The first-order chi connectivity index (χ1) is 14.1. The molecule has 0 saturated carbocycles. The van der Waals surface area contributed by atoms with Crippen LogP contribution in [0.5, 0.6) is 11.5 Å². The smallest absolute Gasteiger partial charge is 0.262 e. The summed E-state index contributed by atoms with van der Waals surface area (Å²) in [4.78, 5) is 28.2. The van der Waals surface area contributed by atoms with Crippen LogP contribution in [-0.4, -0.2) is 40.3 Å². The SMILES string of the molecule is COc1ccccc1OCC(=O)Nc1ccc(NC(=O)C(C)n2cncn2)cc1. The molecular formula is C20H21N5O4. The molecule has 2 N–H and O–H groups in total. The number of nitrogens with one attached hydrogen (secondary N) is 2. The lowest BCUT2D eigenvalue weighted by Crippen LogP contribution is -2.24. The Morgan fingerprint density at radius 1 is 1.03 bits per heavy atom. The van der Waals surface area contributed by atoms with E-state index in [1.165, 1.54) is 24.4 Å². The van der Waals surface area contributed by atoms with Crippen molar-refractivity contribution in [1.29, 1.82) is 0 Å². The second-order valence-corrected chi connectivity index (χ2v) is 6.11. The Bertz CT molecular complexity index is 957. The maximum Gasteiger partial charge on any atom is 0.262 e. The van der Waals surface area contributed by atoms with Gasteiger partial charge in [-0.1, -0.05) is 12.1 Å². The van der Waals surface area contributed by atoms with E-state index < -0.39 is 6.04 Å². The number of hydrogen-bond acceptors (Lipinski definition) is 6. The van der Waals surface area contributed by atoms with Crippen LogP contribution in [-0.2, 0) is 9.59 Å². The molecule has 3 rings (SSSR count). The lowest BCUT2D eigenvalue weighted by Gasteiger charge is -2.13. The lowest BCUT2D eigenvalue weighted by molar-refractivity contribution is -0.119. The summed E-state index contributed by atoms with van der Waals surface area (Å²) in [5, 5.41) is 9.48. The van der Waals surface area contributed by atoms with Crippen molar-refractivity contribution >= 4 is 23.2 Å². The zero-order chi connectivity index (χ0) is 20.6. The predicted octanol–water partition coefficient (Wildman–Crippen LogP) is 2.50. The first-order valence-corrected chi connectivity index (χ1v) is 8.87. The summed E-state index contributed by atoms with van der Waals surface area (Å²) >= 11 is 0. The van der Waals surface area contributed by atoms with Crippen molar-refractivity contribution in [3.8, 4) is 11.5 Å². The van der Waals surface area contributed by atoms with Crippen LogP contribution < -0.4 is 20.1 Å². The number of ether oxygens (including phenoxy) is 2. The maximum absolute atomic E-state index is 12.2. The number of anilines is 2. The molecule has 3 aromatic rings. The molecule has 0 fully saturated rings. The fourth-order valence-electron chi connectivity index (χ4n) is 2.50. The first-order valence-electron chi connectivity index (χ1n) is 8.87. The molecule has 1 aromatic heterocycles. The normalized spacial score (nSPS) is 11.4. The summed E-state index contributed by atoms with van der Waals surface area (Å²) in [6.07, 6.45) is 2.86. The van der Waals surface area contributed by atoms with Crippen molar-refractivity contribution in [2.24, 2.45) is 0 Å². The van der Waals surface area contributed by atoms with Crippen LogP contribution in [0.15, 0.2) is 61.2 Å². The number of hydrogen-bond donors (Lipinski definition) is 2. The third kappa shape index (κ3) is 5.32. The van der Waals surface area contributed by atoms with Gasteiger partial charge in [0.2, 0.25) is 5.91 Å². The highest BCUT2D eigenvalue weighted by molar-refractivity contribution is 5.94. The molecule has 0 aliphatic carbocycles. The Morgan fingerprint density at radius 3 is 2.31 bits per heavy atom. The van der Waals surface area contributed by atoms with E-state index in [9.17, 15) is 9.59 Å². The summed E-state index contributed by atoms with van der Waals surface area (Å²) < 4.78 is 12.1. The fourth-order valence-corrected chi connectivity index (χ4v) is 2.50. The summed E-state index contributed by atoms with van der Waals surface area (Å²) in [6, 6.07) is 13.4. The number of carbonyl (C=O) groups is 2. The van der Waals surface area contributed by atoms with E-state index in [1.54, 1.807) is 49.4 Å². The number of carbonyl (C=O) groups excluding carboxylic acids is 2. The van der Waals surface area contributed by atoms with Gasteiger partial charge in [-0.15, -0.1) is 0 Å². The predicted molar refractivity (Wildman–Crippen MR) is 107 cm³/mol. The monoisotopic (exact) mass is 395 g/mol. The van der Waals surface area contributed by atoms with Crippen LogP contribution in [0.1, 0.15) is 13.0 Å². The lowest BCUT2D eigenvalue weighted by atomic mass is 10.2. The van der Waals surface area contributed by atoms with Gasteiger partial charge in [-0.25, -0.2) is 9.67 Å². The van der Waals surface area contributed by atoms with Crippen LogP contribution in [0.4, 0.5) is 11.4 Å². The van der Waals surface area contributed by atoms with Crippen LogP contribution in [0, 0.1) is 0 Å². The van der Waals surface area contributed by atoms with E-state index in [0.29, 0.717) is 22.9 Å². The molecular weight excluding hydrogens is 374 g/mol. The van der Waals surface area contributed by atoms with Crippen LogP contribution >= 0.6 is 0 Å². The van der Waals surface area contributed by atoms with Crippen LogP contribution in [0.3, 0.4) is 0 Å². The van der Waals surface area contributed by atoms with Gasteiger partial charge in [-0.2, -0.15) is 5.10 Å². The number of benzene rings is 2. The summed E-state index contributed by atoms with van der Waals surface area (Å²) in [6.45, 7) is 1.56. The highest BCUT2D eigenvalue weighted by Gasteiger charge is 2.15. The minimum absolute atomic E-state index is 0.158. The number of nitrogens with zero attached hydrogens (tertiary/aromatic N) is 3. The van der Waals surface area contributed by atoms with Crippen molar-refractivity contribution in [2.45, 2.75) is 13.0 Å². The first kappa shape index (κ1) is 19.9. The van der Waals surface area contributed by atoms with Gasteiger partial charge in [0.05, 0.1) is 7.11 Å².